The lowest BCUT2D eigenvalue weighted by Gasteiger charge is -2.19. The van der Waals surface area contributed by atoms with E-state index < -0.39 is 19.3 Å². The number of nitrogens with zero attached hydrogens (tertiary/aromatic N) is 2. The molecule has 9 nitrogen and oxygen atoms in total. The van der Waals surface area contributed by atoms with E-state index in [1.165, 1.54) is 11.0 Å². The monoisotopic (exact) mass is 546 g/mol. The highest BCUT2D eigenvalue weighted by Crippen LogP contribution is 2.44. The zero-order valence-corrected chi connectivity index (χ0v) is 23.1. The molecule has 1 amide bonds. The quantitative estimate of drug-likeness (QED) is 0.164. The third-order valence-corrected chi connectivity index (χ3v) is 7.75. The molecule has 3 aromatic rings. The zero-order chi connectivity index (χ0) is 26.5. The van der Waals surface area contributed by atoms with E-state index in [4.69, 9.17) is 13.9 Å². The molecule has 0 aliphatic heterocycles. The molecule has 0 saturated heterocycles. The number of fused-ring (bicyclic) bond motifs is 1. The van der Waals surface area contributed by atoms with Gasteiger partial charge in [0.2, 0.25) is 17.0 Å². The number of furan rings is 1. The fourth-order valence-electron chi connectivity index (χ4n) is 4.35. The summed E-state index contributed by atoms with van der Waals surface area (Å²) in [7, 11) is -0.0205. The van der Waals surface area contributed by atoms with Crippen molar-refractivity contribution >= 4 is 36.3 Å². The molecule has 1 saturated carbocycles. The second-order valence-electron chi connectivity index (χ2n) is 9.33. The summed E-state index contributed by atoms with van der Waals surface area (Å²) in [5.74, 6) is 0.518. The molecule has 0 bridgehead atoms. The van der Waals surface area contributed by atoms with Crippen LogP contribution in [0.25, 0.3) is 22.4 Å². The summed E-state index contributed by atoms with van der Waals surface area (Å²) in [6.07, 6.45) is 4.23. The average molecular weight is 547 g/mol. The van der Waals surface area contributed by atoms with Gasteiger partial charge in [-0.05, 0) is 61.1 Å². The molecule has 37 heavy (non-hydrogen) atoms. The Labute approximate surface area is 220 Å². The van der Waals surface area contributed by atoms with E-state index in [1.54, 1.807) is 7.05 Å². The van der Waals surface area contributed by atoms with Crippen LogP contribution in [-0.2, 0) is 26.9 Å². The van der Waals surface area contributed by atoms with E-state index in [0.29, 0.717) is 53.6 Å². The Bertz CT molecular complexity index is 1310. The first-order valence-corrected chi connectivity index (χ1v) is 15.1. The van der Waals surface area contributed by atoms with Crippen LogP contribution in [-0.4, -0.2) is 50.8 Å². The Morgan fingerprint density at radius 3 is 2.62 bits per heavy atom. The van der Waals surface area contributed by atoms with Gasteiger partial charge in [-0.3, -0.25) is 9.35 Å². The fraction of sp³-hybridized carbons (Fsp3) is 0.462. The van der Waals surface area contributed by atoms with Crippen LogP contribution in [0.15, 0.2) is 34.7 Å². The van der Waals surface area contributed by atoms with Gasteiger partial charge < -0.3 is 9.73 Å². The van der Waals surface area contributed by atoms with Crippen molar-refractivity contribution in [2.24, 2.45) is 0 Å². The maximum absolute atomic E-state index is 12.9. The summed E-state index contributed by atoms with van der Waals surface area (Å²) >= 11 is -2.17. The normalized spacial score (nSPS) is 14.8. The first kappa shape index (κ1) is 27.5. The maximum atomic E-state index is 12.9. The molecule has 4 rings (SSSR count). The second kappa shape index (κ2) is 12.4. The molecule has 2 unspecified atom stereocenters. The van der Waals surface area contributed by atoms with Gasteiger partial charge in [-0.25, -0.2) is 9.19 Å². The van der Waals surface area contributed by atoms with E-state index >= 15 is 0 Å². The number of carbonyl (C=O) groups excluding carboxylic acids is 1. The van der Waals surface area contributed by atoms with Crippen molar-refractivity contribution in [1.29, 1.82) is 0 Å². The number of rotatable bonds is 13. The van der Waals surface area contributed by atoms with Gasteiger partial charge in [0.05, 0.1) is 23.2 Å². The van der Waals surface area contributed by atoms with Crippen LogP contribution in [0.3, 0.4) is 0 Å². The summed E-state index contributed by atoms with van der Waals surface area (Å²) in [6, 6.07) is 9.74. The second-order valence-corrected chi connectivity index (χ2v) is 11.4. The van der Waals surface area contributed by atoms with Gasteiger partial charge >= 0.3 is 8.03 Å². The third kappa shape index (κ3) is 6.89. The molecule has 2 heterocycles. The fourth-order valence-corrected chi connectivity index (χ4v) is 5.25. The molecule has 11 heteroatoms. The topological polar surface area (TPSA) is 122 Å². The smallest absolute Gasteiger partial charge is 0.437 e. The minimum Gasteiger partial charge on any atom is -0.437 e. The summed E-state index contributed by atoms with van der Waals surface area (Å²) in [5, 5.41) is 3.36. The van der Waals surface area contributed by atoms with Gasteiger partial charge in [-0.15, -0.1) is 4.52 Å². The minimum atomic E-state index is -2.17. The van der Waals surface area contributed by atoms with Crippen molar-refractivity contribution in [3.8, 4) is 11.3 Å². The van der Waals surface area contributed by atoms with Gasteiger partial charge in [-0.2, -0.15) is 4.31 Å². The number of amides is 1. The largest absolute Gasteiger partial charge is 0.504 e. The highest BCUT2D eigenvalue weighted by atomic mass is 32.2. The Kier molecular flexibility index (Phi) is 9.21. The molecule has 198 valence electrons. The number of benzene rings is 1. The molecular weight excluding hydrogens is 513 g/mol. The predicted octanol–water partition coefficient (Wildman–Crippen LogP) is 5.54. The zero-order valence-electron chi connectivity index (χ0n) is 21.4. The minimum absolute atomic E-state index is 0.193. The first-order chi connectivity index (χ1) is 17.8. The first-order valence-electron chi connectivity index (χ1n) is 12.4. The molecule has 1 aromatic carbocycles. The number of hydrogen-bond donors (Lipinski definition) is 2. The number of aromatic nitrogens is 1. The molecule has 2 N–H and O–H groups in total. The molecular formula is C26H33N3O6PS+. The van der Waals surface area contributed by atoms with Crippen LogP contribution in [0.4, 0.5) is 0 Å². The van der Waals surface area contributed by atoms with Gasteiger partial charge in [0.25, 0.3) is 5.91 Å². The highest BCUT2D eigenvalue weighted by molar-refractivity contribution is 7.76. The predicted molar refractivity (Wildman–Crippen MR) is 144 cm³/mol. The molecule has 1 aliphatic rings. The van der Waals surface area contributed by atoms with Gasteiger partial charge in [0, 0.05) is 19.2 Å². The lowest BCUT2D eigenvalue weighted by atomic mass is 10.0. The molecule has 0 radical (unpaired) electrons. The van der Waals surface area contributed by atoms with E-state index in [-0.39, 0.29) is 12.5 Å². The highest BCUT2D eigenvalue weighted by Gasteiger charge is 2.31. The number of pyridine rings is 1. The molecule has 2 atom stereocenters. The van der Waals surface area contributed by atoms with Crippen molar-refractivity contribution in [3.05, 3.63) is 52.7 Å². The van der Waals surface area contributed by atoms with E-state index in [1.807, 2.05) is 37.3 Å². The third-order valence-electron chi connectivity index (χ3n) is 6.45. The summed E-state index contributed by atoms with van der Waals surface area (Å²) in [4.78, 5) is 17.7. The van der Waals surface area contributed by atoms with Crippen LogP contribution in [0.5, 0.6) is 0 Å². The Balaban J connectivity index is 1.63. The Morgan fingerprint density at radius 2 is 2.00 bits per heavy atom. The number of aryl methyl sites for hydroxylation is 1. The van der Waals surface area contributed by atoms with Crippen molar-refractivity contribution in [2.45, 2.75) is 51.5 Å². The van der Waals surface area contributed by atoms with Crippen molar-refractivity contribution in [1.82, 2.24) is 14.6 Å². The van der Waals surface area contributed by atoms with Gasteiger partial charge in [0.15, 0.2) is 6.66 Å². The lowest BCUT2D eigenvalue weighted by Crippen LogP contribution is -2.27. The summed E-state index contributed by atoms with van der Waals surface area (Å²) in [6.45, 7) is 4.52. The summed E-state index contributed by atoms with van der Waals surface area (Å²) < 4.78 is 45.9. The SMILES string of the molecule is CNC(=O)c1c(-c2ccc(C)cc2)oc2nc(CN(CCCCCO[P+](C)=O)S(=O)O)c(C3CC3)cc12. The van der Waals surface area contributed by atoms with Crippen molar-refractivity contribution in [3.63, 3.8) is 0 Å². The average Bonchev–Trinajstić information content (AvgIpc) is 3.65. The molecule has 1 aliphatic carbocycles. The van der Waals surface area contributed by atoms with Gasteiger partial charge in [0.1, 0.15) is 12.4 Å². The Morgan fingerprint density at radius 1 is 1.27 bits per heavy atom. The maximum Gasteiger partial charge on any atom is 0.504 e. The van der Waals surface area contributed by atoms with Crippen LogP contribution in [0.2, 0.25) is 0 Å². The van der Waals surface area contributed by atoms with Crippen LogP contribution < -0.4 is 5.32 Å². The molecule has 1 fully saturated rings. The van der Waals surface area contributed by atoms with Crippen LogP contribution >= 0.6 is 8.03 Å². The van der Waals surface area contributed by atoms with Crippen LogP contribution in [0.1, 0.15) is 65.2 Å². The number of nitrogens with one attached hydrogen (secondary N) is 1. The summed E-state index contributed by atoms with van der Waals surface area (Å²) in [5.41, 5.74) is 4.35. The van der Waals surface area contributed by atoms with Crippen LogP contribution in [0, 0.1) is 6.92 Å². The number of hydrogen-bond acceptors (Lipinski definition) is 6. The van der Waals surface area contributed by atoms with E-state index in [0.717, 1.165) is 42.4 Å². The molecule has 0 spiro atoms. The number of unbranched alkanes of at least 4 members (excludes halogenated alkanes) is 2. The molecule has 2 aromatic heterocycles. The van der Waals surface area contributed by atoms with E-state index in [2.05, 4.69) is 5.32 Å². The van der Waals surface area contributed by atoms with Gasteiger partial charge in [-0.1, -0.05) is 29.8 Å². The lowest BCUT2D eigenvalue weighted by molar-refractivity contribution is 0.0964. The van der Waals surface area contributed by atoms with Crippen molar-refractivity contribution in [2.75, 3.05) is 26.9 Å². The standard InChI is InChI=1S/C26H32N3O6PS/c1-17-7-9-19(10-8-17)24-23(25(30)27-2)21-15-20(18-11-12-18)22(28-26(21)35-24)16-29(37(32)33)13-5-4-6-14-34-36(3)31/h7-10,15,18H,4-6,11-14,16H2,1-3H3,(H-,27,30,32,33)/p+1. The van der Waals surface area contributed by atoms with E-state index in [9.17, 15) is 18.1 Å². The number of carbonyl (C=O) groups is 1. The Hall–Kier alpha value is -2.49. The van der Waals surface area contributed by atoms with Crippen molar-refractivity contribution < 1.29 is 27.1 Å².